The number of alkyl halides is 3. The number of rotatable bonds is 4. The Bertz CT molecular complexity index is 858. The molecule has 0 spiro atoms. The van der Waals surface area contributed by atoms with Crippen molar-refractivity contribution in [2.45, 2.75) is 12.7 Å². The van der Waals surface area contributed by atoms with E-state index in [4.69, 9.17) is 0 Å². The zero-order chi connectivity index (χ0) is 17.9. The molecule has 0 aliphatic carbocycles. The summed E-state index contributed by atoms with van der Waals surface area (Å²) >= 11 is 1.53. The standard InChI is InChI=1S/C18H13F3N2OS/c19-18(20,21)17(24)22-10-12-6-8-13(9-7-12)15-11-25-16(23-15)14-4-2-1-3-5-14/h1-9,11H,10H2,(H,22,24). The Balaban J connectivity index is 1.69. The number of carbonyl (C=O) groups is 1. The number of amides is 1. The van der Waals surface area contributed by atoms with Gasteiger partial charge in [0.15, 0.2) is 0 Å². The van der Waals surface area contributed by atoms with Crippen LogP contribution in [0.15, 0.2) is 60.0 Å². The topological polar surface area (TPSA) is 42.0 Å². The van der Waals surface area contributed by atoms with Crippen molar-refractivity contribution in [2.75, 3.05) is 0 Å². The summed E-state index contributed by atoms with van der Waals surface area (Å²) in [4.78, 5) is 15.4. The molecule has 1 aromatic heterocycles. The molecule has 7 heteroatoms. The number of benzene rings is 2. The quantitative estimate of drug-likeness (QED) is 0.734. The van der Waals surface area contributed by atoms with E-state index in [9.17, 15) is 18.0 Å². The summed E-state index contributed by atoms with van der Waals surface area (Å²) in [5.74, 6) is -1.94. The monoisotopic (exact) mass is 362 g/mol. The maximum Gasteiger partial charge on any atom is 0.471 e. The van der Waals surface area contributed by atoms with Crippen LogP contribution in [0.1, 0.15) is 5.56 Å². The summed E-state index contributed by atoms with van der Waals surface area (Å²) < 4.78 is 36.5. The molecule has 3 rings (SSSR count). The molecule has 0 aliphatic heterocycles. The van der Waals surface area contributed by atoms with E-state index in [0.29, 0.717) is 5.56 Å². The molecule has 0 atom stereocenters. The van der Waals surface area contributed by atoms with Gasteiger partial charge in [-0.05, 0) is 5.56 Å². The minimum atomic E-state index is -4.87. The van der Waals surface area contributed by atoms with Gasteiger partial charge in [0, 0.05) is 23.1 Å². The van der Waals surface area contributed by atoms with Gasteiger partial charge in [-0.15, -0.1) is 11.3 Å². The lowest BCUT2D eigenvalue weighted by molar-refractivity contribution is -0.173. The van der Waals surface area contributed by atoms with Crippen LogP contribution in [-0.2, 0) is 11.3 Å². The Morgan fingerprint density at radius 2 is 1.68 bits per heavy atom. The molecule has 2 aromatic carbocycles. The highest BCUT2D eigenvalue weighted by Crippen LogP contribution is 2.28. The van der Waals surface area contributed by atoms with Gasteiger partial charge in [0.05, 0.1) is 5.69 Å². The van der Waals surface area contributed by atoms with Gasteiger partial charge in [-0.2, -0.15) is 13.2 Å². The van der Waals surface area contributed by atoms with Crippen molar-refractivity contribution in [3.05, 3.63) is 65.5 Å². The lowest BCUT2D eigenvalue weighted by atomic mass is 10.1. The molecule has 25 heavy (non-hydrogen) atoms. The van der Waals surface area contributed by atoms with Crippen LogP contribution in [0.4, 0.5) is 13.2 Å². The summed E-state index contributed by atoms with van der Waals surface area (Å²) in [6.45, 7) is -0.176. The van der Waals surface area contributed by atoms with Crippen LogP contribution in [0, 0.1) is 0 Å². The van der Waals surface area contributed by atoms with Gasteiger partial charge in [0.2, 0.25) is 0 Å². The van der Waals surface area contributed by atoms with Crippen molar-refractivity contribution in [1.82, 2.24) is 10.3 Å². The molecule has 0 saturated carbocycles. The number of thiazole rings is 1. The zero-order valence-corrected chi connectivity index (χ0v) is 13.7. The average Bonchev–Trinajstić information content (AvgIpc) is 3.10. The number of aromatic nitrogens is 1. The maximum absolute atomic E-state index is 12.2. The highest BCUT2D eigenvalue weighted by molar-refractivity contribution is 7.13. The number of carbonyl (C=O) groups excluding carboxylic acids is 1. The van der Waals surface area contributed by atoms with Gasteiger partial charge >= 0.3 is 12.1 Å². The summed E-state index contributed by atoms with van der Waals surface area (Å²) in [7, 11) is 0. The van der Waals surface area contributed by atoms with Gasteiger partial charge in [-0.1, -0.05) is 54.6 Å². The molecule has 0 aliphatic rings. The zero-order valence-electron chi connectivity index (χ0n) is 12.9. The first-order valence-corrected chi connectivity index (χ1v) is 8.27. The molecule has 3 nitrogen and oxygen atoms in total. The SMILES string of the molecule is O=C(NCc1ccc(-c2csc(-c3ccccc3)n2)cc1)C(F)(F)F. The Labute approximate surface area is 146 Å². The van der Waals surface area contributed by atoms with Crippen LogP contribution in [0.2, 0.25) is 0 Å². The molecule has 3 aromatic rings. The average molecular weight is 362 g/mol. The predicted octanol–water partition coefficient (Wildman–Crippen LogP) is 4.66. The van der Waals surface area contributed by atoms with E-state index in [1.807, 2.05) is 41.0 Å². The second-order valence-corrected chi connectivity index (χ2v) is 6.14. The van der Waals surface area contributed by atoms with Gasteiger partial charge in [-0.3, -0.25) is 4.79 Å². The van der Waals surface area contributed by atoms with E-state index in [1.165, 1.54) is 11.3 Å². The van der Waals surface area contributed by atoms with Gasteiger partial charge in [-0.25, -0.2) is 4.98 Å². The Hall–Kier alpha value is -2.67. The third kappa shape index (κ3) is 4.24. The van der Waals surface area contributed by atoms with E-state index < -0.39 is 12.1 Å². The molecular formula is C18H13F3N2OS. The molecule has 1 heterocycles. The van der Waals surface area contributed by atoms with Crippen LogP contribution >= 0.6 is 11.3 Å². The van der Waals surface area contributed by atoms with Crippen molar-refractivity contribution >= 4 is 17.2 Å². The smallest absolute Gasteiger partial charge is 0.344 e. The first-order chi connectivity index (χ1) is 11.9. The Kier molecular flexibility index (Phi) is 4.85. The lowest BCUT2D eigenvalue weighted by Gasteiger charge is -2.08. The largest absolute Gasteiger partial charge is 0.471 e. The molecule has 1 amide bonds. The van der Waals surface area contributed by atoms with Crippen LogP contribution in [-0.4, -0.2) is 17.1 Å². The Morgan fingerprint density at radius 1 is 1.00 bits per heavy atom. The van der Waals surface area contributed by atoms with Crippen molar-refractivity contribution in [3.8, 4) is 21.8 Å². The molecule has 1 N–H and O–H groups in total. The number of nitrogens with zero attached hydrogens (tertiary/aromatic N) is 1. The van der Waals surface area contributed by atoms with E-state index in [-0.39, 0.29) is 6.54 Å². The van der Waals surface area contributed by atoms with Crippen molar-refractivity contribution in [1.29, 1.82) is 0 Å². The first kappa shape index (κ1) is 17.2. The third-order valence-electron chi connectivity index (χ3n) is 3.49. The fourth-order valence-electron chi connectivity index (χ4n) is 2.20. The molecule has 0 saturated heterocycles. The minimum Gasteiger partial charge on any atom is -0.344 e. The fraction of sp³-hybridized carbons (Fsp3) is 0.111. The summed E-state index contributed by atoms with van der Waals surface area (Å²) in [5, 5.41) is 4.68. The second kappa shape index (κ2) is 7.06. The van der Waals surface area contributed by atoms with Crippen LogP contribution in [0.3, 0.4) is 0 Å². The molecule has 0 fully saturated rings. The van der Waals surface area contributed by atoms with Crippen LogP contribution in [0.25, 0.3) is 21.8 Å². The lowest BCUT2D eigenvalue weighted by Crippen LogP contribution is -2.36. The minimum absolute atomic E-state index is 0.176. The summed E-state index contributed by atoms with van der Waals surface area (Å²) in [5.41, 5.74) is 3.28. The van der Waals surface area contributed by atoms with E-state index in [0.717, 1.165) is 21.8 Å². The summed E-state index contributed by atoms with van der Waals surface area (Å²) in [6.07, 6.45) is -4.87. The first-order valence-electron chi connectivity index (χ1n) is 7.39. The summed E-state index contributed by atoms with van der Waals surface area (Å²) in [6, 6.07) is 16.7. The number of nitrogens with one attached hydrogen (secondary N) is 1. The van der Waals surface area contributed by atoms with Crippen molar-refractivity contribution in [3.63, 3.8) is 0 Å². The number of hydrogen-bond acceptors (Lipinski definition) is 3. The molecular weight excluding hydrogens is 349 g/mol. The number of hydrogen-bond donors (Lipinski definition) is 1. The Morgan fingerprint density at radius 3 is 2.32 bits per heavy atom. The van der Waals surface area contributed by atoms with Gasteiger partial charge in [0.1, 0.15) is 5.01 Å². The second-order valence-electron chi connectivity index (χ2n) is 5.28. The van der Waals surface area contributed by atoms with E-state index in [2.05, 4.69) is 4.98 Å². The highest BCUT2D eigenvalue weighted by atomic mass is 32.1. The fourth-order valence-corrected chi connectivity index (χ4v) is 3.03. The third-order valence-corrected chi connectivity index (χ3v) is 4.38. The highest BCUT2D eigenvalue weighted by Gasteiger charge is 2.38. The molecule has 0 unspecified atom stereocenters. The maximum atomic E-state index is 12.2. The van der Waals surface area contributed by atoms with E-state index in [1.54, 1.807) is 24.3 Å². The molecule has 0 bridgehead atoms. The van der Waals surface area contributed by atoms with Crippen LogP contribution in [0.5, 0.6) is 0 Å². The predicted molar refractivity (Wildman–Crippen MR) is 90.9 cm³/mol. The van der Waals surface area contributed by atoms with Gasteiger partial charge in [0.25, 0.3) is 0 Å². The van der Waals surface area contributed by atoms with Gasteiger partial charge < -0.3 is 5.32 Å². The molecule has 0 radical (unpaired) electrons. The van der Waals surface area contributed by atoms with E-state index >= 15 is 0 Å². The van der Waals surface area contributed by atoms with Crippen molar-refractivity contribution < 1.29 is 18.0 Å². The van der Waals surface area contributed by atoms with Crippen molar-refractivity contribution in [2.24, 2.45) is 0 Å². The van der Waals surface area contributed by atoms with Crippen LogP contribution < -0.4 is 5.32 Å². The molecule has 128 valence electrons. The number of halogens is 3. The normalized spacial score (nSPS) is 11.3.